The zero-order chi connectivity index (χ0) is 10.3. The van der Waals surface area contributed by atoms with E-state index >= 15 is 0 Å². The maximum Gasteiger partial charge on any atom is 0.142 e. The monoisotopic (exact) mass is 194 g/mol. The number of fused-ring (bicyclic) bond motifs is 3. The van der Waals surface area contributed by atoms with Crippen LogP contribution in [0.1, 0.15) is 5.56 Å². The summed E-state index contributed by atoms with van der Waals surface area (Å²) in [5, 5.41) is 2.32. The first-order chi connectivity index (χ1) is 7.40. The summed E-state index contributed by atoms with van der Waals surface area (Å²) in [5.74, 6) is 0. The van der Waals surface area contributed by atoms with Crippen molar-refractivity contribution in [3.05, 3.63) is 54.6 Å². The SMILES string of the molecule is C=Cc1cccc2c1oc1ccccc12. The molecule has 3 aromatic rings. The Bertz CT molecular complexity index is 647. The van der Waals surface area contributed by atoms with E-state index in [9.17, 15) is 0 Å². The molecule has 1 nitrogen and oxygen atoms in total. The molecular weight excluding hydrogens is 184 g/mol. The number of rotatable bonds is 1. The zero-order valence-corrected chi connectivity index (χ0v) is 8.23. The van der Waals surface area contributed by atoms with Gasteiger partial charge in [-0.25, -0.2) is 0 Å². The number of benzene rings is 2. The van der Waals surface area contributed by atoms with Crippen molar-refractivity contribution < 1.29 is 4.42 Å². The van der Waals surface area contributed by atoms with Crippen LogP contribution in [0.25, 0.3) is 28.0 Å². The number of hydrogen-bond donors (Lipinski definition) is 0. The van der Waals surface area contributed by atoms with Gasteiger partial charge in [-0.2, -0.15) is 0 Å². The highest BCUT2D eigenvalue weighted by Gasteiger charge is 2.07. The molecule has 3 rings (SSSR count). The Labute approximate surface area is 87.6 Å². The van der Waals surface area contributed by atoms with Crippen molar-refractivity contribution >= 4 is 28.0 Å². The minimum atomic E-state index is 0.925. The minimum Gasteiger partial charge on any atom is -0.455 e. The van der Waals surface area contributed by atoms with Crippen LogP contribution in [0.15, 0.2) is 53.5 Å². The van der Waals surface area contributed by atoms with E-state index in [1.807, 2.05) is 36.4 Å². The zero-order valence-electron chi connectivity index (χ0n) is 8.23. The molecule has 0 saturated carbocycles. The number of hydrogen-bond acceptors (Lipinski definition) is 1. The molecule has 0 aliphatic heterocycles. The van der Waals surface area contributed by atoms with E-state index in [4.69, 9.17) is 4.42 Å². The summed E-state index contributed by atoms with van der Waals surface area (Å²) in [4.78, 5) is 0. The molecule has 0 aliphatic carbocycles. The Balaban J connectivity index is 2.59. The molecule has 0 bridgehead atoms. The van der Waals surface area contributed by atoms with Crippen LogP contribution in [0, 0.1) is 0 Å². The van der Waals surface area contributed by atoms with Gasteiger partial charge in [0, 0.05) is 16.3 Å². The lowest BCUT2D eigenvalue weighted by molar-refractivity contribution is 0.668. The molecule has 0 spiro atoms. The lowest BCUT2D eigenvalue weighted by Gasteiger charge is -1.92. The number of furan rings is 1. The highest BCUT2D eigenvalue weighted by atomic mass is 16.3. The van der Waals surface area contributed by atoms with Crippen molar-refractivity contribution in [2.24, 2.45) is 0 Å². The second-order valence-corrected chi connectivity index (χ2v) is 3.53. The maximum absolute atomic E-state index is 5.80. The quantitative estimate of drug-likeness (QED) is 0.565. The summed E-state index contributed by atoms with van der Waals surface area (Å²) in [7, 11) is 0. The van der Waals surface area contributed by atoms with Gasteiger partial charge in [0.15, 0.2) is 0 Å². The molecule has 0 saturated heterocycles. The molecule has 0 fully saturated rings. The van der Waals surface area contributed by atoms with Gasteiger partial charge in [0.25, 0.3) is 0 Å². The van der Waals surface area contributed by atoms with Crippen LogP contribution in [0.5, 0.6) is 0 Å². The second-order valence-electron chi connectivity index (χ2n) is 3.53. The topological polar surface area (TPSA) is 13.1 Å². The summed E-state index contributed by atoms with van der Waals surface area (Å²) in [5.41, 5.74) is 2.90. The summed E-state index contributed by atoms with van der Waals surface area (Å²) in [6, 6.07) is 14.2. The maximum atomic E-state index is 5.80. The van der Waals surface area contributed by atoms with E-state index in [0.717, 1.165) is 27.5 Å². The molecule has 0 aliphatic rings. The molecular formula is C14H10O. The molecule has 1 heterocycles. The van der Waals surface area contributed by atoms with Crippen LogP contribution in [0.3, 0.4) is 0 Å². The highest BCUT2D eigenvalue weighted by Crippen LogP contribution is 2.30. The van der Waals surface area contributed by atoms with E-state index in [1.54, 1.807) is 0 Å². The minimum absolute atomic E-state index is 0.925. The molecule has 1 aromatic heterocycles. The molecule has 15 heavy (non-hydrogen) atoms. The summed E-state index contributed by atoms with van der Waals surface area (Å²) < 4.78 is 5.80. The average Bonchev–Trinajstić information content (AvgIpc) is 2.67. The van der Waals surface area contributed by atoms with Crippen molar-refractivity contribution in [1.29, 1.82) is 0 Å². The van der Waals surface area contributed by atoms with Gasteiger partial charge in [-0.1, -0.05) is 49.1 Å². The first-order valence-corrected chi connectivity index (χ1v) is 4.93. The number of para-hydroxylation sites is 2. The van der Waals surface area contributed by atoms with Crippen molar-refractivity contribution in [1.82, 2.24) is 0 Å². The summed E-state index contributed by atoms with van der Waals surface area (Å²) >= 11 is 0. The van der Waals surface area contributed by atoms with E-state index < -0.39 is 0 Å². The first kappa shape index (κ1) is 8.30. The van der Waals surface area contributed by atoms with E-state index in [1.165, 1.54) is 0 Å². The standard InChI is InChI=1S/C14H10O/c1-2-10-6-5-8-12-11-7-3-4-9-13(11)15-14(10)12/h2-9H,1H2. The first-order valence-electron chi connectivity index (χ1n) is 4.93. The molecule has 2 aromatic carbocycles. The molecule has 0 N–H and O–H groups in total. The van der Waals surface area contributed by atoms with Crippen LogP contribution < -0.4 is 0 Å². The van der Waals surface area contributed by atoms with Crippen molar-refractivity contribution in [3.63, 3.8) is 0 Å². The van der Waals surface area contributed by atoms with Crippen molar-refractivity contribution in [3.8, 4) is 0 Å². The van der Waals surface area contributed by atoms with Gasteiger partial charge < -0.3 is 4.42 Å². The lowest BCUT2D eigenvalue weighted by Crippen LogP contribution is -1.71. The van der Waals surface area contributed by atoms with Gasteiger partial charge in [0.2, 0.25) is 0 Å². The molecule has 0 unspecified atom stereocenters. The highest BCUT2D eigenvalue weighted by molar-refractivity contribution is 6.07. The van der Waals surface area contributed by atoms with Gasteiger partial charge in [-0.05, 0) is 6.07 Å². The van der Waals surface area contributed by atoms with Gasteiger partial charge in [0.05, 0.1) is 0 Å². The predicted molar refractivity (Wildman–Crippen MR) is 63.8 cm³/mol. The van der Waals surface area contributed by atoms with Gasteiger partial charge in [-0.15, -0.1) is 0 Å². The Morgan fingerprint density at radius 3 is 2.60 bits per heavy atom. The fourth-order valence-corrected chi connectivity index (χ4v) is 1.93. The summed E-state index contributed by atoms with van der Waals surface area (Å²) in [6.45, 7) is 3.79. The molecule has 1 heteroatoms. The second kappa shape index (κ2) is 2.99. The third-order valence-electron chi connectivity index (χ3n) is 2.65. The average molecular weight is 194 g/mol. The van der Waals surface area contributed by atoms with E-state index in [-0.39, 0.29) is 0 Å². The van der Waals surface area contributed by atoms with E-state index in [0.29, 0.717) is 0 Å². The van der Waals surface area contributed by atoms with Gasteiger partial charge >= 0.3 is 0 Å². The van der Waals surface area contributed by atoms with Crippen LogP contribution in [-0.4, -0.2) is 0 Å². The fourth-order valence-electron chi connectivity index (χ4n) is 1.93. The Morgan fingerprint density at radius 2 is 1.73 bits per heavy atom. The molecule has 0 amide bonds. The Morgan fingerprint density at radius 1 is 0.933 bits per heavy atom. The third kappa shape index (κ3) is 1.10. The Kier molecular flexibility index (Phi) is 1.65. The summed E-state index contributed by atoms with van der Waals surface area (Å²) in [6.07, 6.45) is 1.82. The molecule has 0 radical (unpaired) electrons. The normalized spacial score (nSPS) is 10.9. The van der Waals surface area contributed by atoms with Crippen LogP contribution in [-0.2, 0) is 0 Å². The largest absolute Gasteiger partial charge is 0.455 e. The molecule has 0 atom stereocenters. The van der Waals surface area contributed by atoms with Crippen molar-refractivity contribution in [2.75, 3.05) is 0 Å². The lowest BCUT2D eigenvalue weighted by atomic mass is 10.1. The fraction of sp³-hybridized carbons (Fsp3) is 0. The van der Waals surface area contributed by atoms with Crippen molar-refractivity contribution in [2.45, 2.75) is 0 Å². The third-order valence-corrected chi connectivity index (χ3v) is 2.65. The predicted octanol–water partition coefficient (Wildman–Crippen LogP) is 4.23. The van der Waals surface area contributed by atoms with Gasteiger partial charge in [0.1, 0.15) is 11.2 Å². The van der Waals surface area contributed by atoms with Crippen LogP contribution in [0.4, 0.5) is 0 Å². The smallest absolute Gasteiger partial charge is 0.142 e. The Hall–Kier alpha value is -2.02. The van der Waals surface area contributed by atoms with Gasteiger partial charge in [-0.3, -0.25) is 0 Å². The van der Waals surface area contributed by atoms with Crippen LogP contribution >= 0.6 is 0 Å². The molecule has 72 valence electrons. The van der Waals surface area contributed by atoms with E-state index in [2.05, 4.69) is 18.7 Å². The van der Waals surface area contributed by atoms with Crippen LogP contribution in [0.2, 0.25) is 0 Å².